The summed E-state index contributed by atoms with van der Waals surface area (Å²) < 4.78 is 0. The third-order valence-corrected chi connectivity index (χ3v) is 3.69. The normalized spacial score (nSPS) is 37.9. The van der Waals surface area contributed by atoms with Crippen LogP contribution < -0.4 is 11.1 Å². The summed E-state index contributed by atoms with van der Waals surface area (Å²) in [5.74, 6) is 0. The van der Waals surface area contributed by atoms with E-state index >= 15 is 0 Å². The number of nitrogens with zero attached hydrogens (tertiary/aromatic N) is 1. The molecular formula is C10H19N3O. The summed E-state index contributed by atoms with van der Waals surface area (Å²) in [6.45, 7) is 0. The Morgan fingerprint density at radius 3 is 2.43 bits per heavy atom. The van der Waals surface area contributed by atoms with E-state index in [0.717, 1.165) is 12.8 Å². The van der Waals surface area contributed by atoms with Crippen LogP contribution in [0.4, 0.5) is 4.79 Å². The molecule has 2 heterocycles. The van der Waals surface area contributed by atoms with Crippen LogP contribution in [0, 0.1) is 0 Å². The molecule has 0 spiro atoms. The van der Waals surface area contributed by atoms with Gasteiger partial charge in [-0.25, -0.2) is 4.79 Å². The second-order valence-electron chi connectivity index (χ2n) is 4.58. The first-order valence-corrected chi connectivity index (χ1v) is 5.44. The Balaban J connectivity index is 1.97. The molecule has 2 aliphatic heterocycles. The molecule has 2 fully saturated rings. The van der Waals surface area contributed by atoms with Gasteiger partial charge in [-0.3, -0.25) is 0 Å². The minimum atomic E-state index is -0.377. The molecule has 0 aromatic carbocycles. The van der Waals surface area contributed by atoms with E-state index in [0.29, 0.717) is 18.1 Å². The Labute approximate surface area is 84.8 Å². The van der Waals surface area contributed by atoms with E-state index < -0.39 is 0 Å². The number of piperidine rings is 2. The van der Waals surface area contributed by atoms with E-state index in [1.807, 2.05) is 0 Å². The van der Waals surface area contributed by atoms with Crippen molar-refractivity contribution in [3.63, 3.8) is 0 Å². The van der Waals surface area contributed by atoms with Crippen molar-refractivity contribution in [2.75, 3.05) is 7.05 Å². The second-order valence-corrected chi connectivity index (χ2v) is 4.58. The number of fused-ring (bicyclic) bond motifs is 2. The van der Waals surface area contributed by atoms with Gasteiger partial charge in [-0.2, -0.15) is 0 Å². The lowest BCUT2D eigenvalue weighted by molar-refractivity contribution is 0.0512. The van der Waals surface area contributed by atoms with E-state index in [9.17, 15) is 4.79 Å². The summed E-state index contributed by atoms with van der Waals surface area (Å²) in [5, 5.41) is 2.84. The molecule has 4 nitrogen and oxygen atoms in total. The Bertz CT molecular complexity index is 217. The lowest BCUT2D eigenvalue weighted by Gasteiger charge is -2.47. The average Bonchev–Trinajstić information content (AvgIpc) is 2.05. The van der Waals surface area contributed by atoms with E-state index in [4.69, 9.17) is 5.73 Å². The van der Waals surface area contributed by atoms with Gasteiger partial charge in [0.05, 0.1) is 0 Å². The first-order valence-electron chi connectivity index (χ1n) is 5.44. The largest absolute Gasteiger partial charge is 0.352 e. The summed E-state index contributed by atoms with van der Waals surface area (Å²) in [6, 6.07) is 1.23. The van der Waals surface area contributed by atoms with Crippen LogP contribution in [-0.2, 0) is 0 Å². The van der Waals surface area contributed by atoms with Gasteiger partial charge in [0.1, 0.15) is 0 Å². The highest BCUT2D eigenvalue weighted by Gasteiger charge is 2.36. The van der Waals surface area contributed by atoms with Crippen LogP contribution >= 0.6 is 0 Å². The molecule has 3 atom stereocenters. The summed E-state index contributed by atoms with van der Waals surface area (Å²) in [5.41, 5.74) is 5.14. The SMILES string of the molecule is CN1[C@@H]2CCC[C@H]1CC(NC(N)=O)C2. The molecule has 14 heavy (non-hydrogen) atoms. The van der Waals surface area contributed by atoms with Crippen molar-refractivity contribution in [3.8, 4) is 0 Å². The Morgan fingerprint density at radius 1 is 1.36 bits per heavy atom. The summed E-state index contributed by atoms with van der Waals surface area (Å²) in [6.07, 6.45) is 6.00. The van der Waals surface area contributed by atoms with E-state index in [1.54, 1.807) is 0 Å². The third kappa shape index (κ3) is 1.85. The highest BCUT2D eigenvalue weighted by atomic mass is 16.2. The fourth-order valence-corrected chi connectivity index (χ4v) is 2.93. The van der Waals surface area contributed by atoms with Crippen molar-refractivity contribution in [2.45, 2.75) is 50.2 Å². The maximum absolute atomic E-state index is 10.8. The number of amides is 2. The first-order chi connectivity index (χ1) is 6.66. The van der Waals surface area contributed by atoms with Crippen LogP contribution in [0.2, 0.25) is 0 Å². The van der Waals surface area contributed by atoms with E-state index in [1.165, 1.54) is 19.3 Å². The molecule has 0 radical (unpaired) electrons. The minimum Gasteiger partial charge on any atom is -0.352 e. The summed E-state index contributed by atoms with van der Waals surface area (Å²) in [4.78, 5) is 13.2. The predicted octanol–water partition coefficient (Wildman–Crippen LogP) is 0.670. The zero-order valence-corrected chi connectivity index (χ0v) is 8.70. The van der Waals surface area contributed by atoms with Crippen LogP contribution in [0.5, 0.6) is 0 Å². The van der Waals surface area contributed by atoms with Gasteiger partial charge in [0.25, 0.3) is 0 Å². The van der Waals surface area contributed by atoms with Gasteiger partial charge in [-0.1, -0.05) is 6.42 Å². The topological polar surface area (TPSA) is 58.4 Å². The number of urea groups is 1. The predicted molar refractivity (Wildman–Crippen MR) is 54.9 cm³/mol. The van der Waals surface area contributed by atoms with Crippen molar-refractivity contribution in [1.82, 2.24) is 10.2 Å². The van der Waals surface area contributed by atoms with Gasteiger partial charge in [0.15, 0.2) is 0 Å². The highest BCUT2D eigenvalue weighted by Crippen LogP contribution is 2.32. The summed E-state index contributed by atoms with van der Waals surface area (Å²) in [7, 11) is 2.20. The van der Waals surface area contributed by atoms with Gasteiger partial charge in [0.2, 0.25) is 0 Å². The molecule has 2 aliphatic rings. The monoisotopic (exact) mass is 197 g/mol. The second kappa shape index (κ2) is 3.77. The molecule has 2 rings (SSSR count). The zero-order valence-electron chi connectivity index (χ0n) is 8.70. The van der Waals surface area contributed by atoms with Gasteiger partial charge >= 0.3 is 6.03 Å². The van der Waals surface area contributed by atoms with Crippen LogP contribution in [0.25, 0.3) is 0 Å². The molecule has 2 bridgehead atoms. The van der Waals surface area contributed by atoms with Gasteiger partial charge in [-0.15, -0.1) is 0 Å². The lowest BCUT2D eigenvalue weighted by Crippen LogP contribution is -2.55. The fraction of sp³-hybridized carbons (Fsp3) is 0.900. The lowest BCUT2D eigenvalue weighted by atomic mass is 9.82. The average molecular weight is 197 g/mol. The standard InChI is InChI=1S/C10H19N3O/c1-13-8-3-2-4-9(13)6-7(5-8)12-10(11)14/h7-9H,2-6H2,1H3,(H3,11,12,14)/t7?,8-,9+. The number of carbonyl (C=O) groups is 1. The van der Waals surface area contributed by atoms with Crippen molar-refractivity contribution >= 4 is 6.03 Å². The number of primary amides is 1. The van der Waals surface area contributed by atoms with Crippen LogP contribution in [-0.4, -0.2) is 36.1 Å². The van der Waals surface area contributed by atoms with Crippen LogP contribution in [0.15, 0.2) is 0 Å². The van der Waals surface area contributed by atoms with E-state index in [-0.39, 0.29) is 6.03 Å². The third-order valence-electron chi connectivity index (χ3n) is 3.69. The smallest absolute Gasteiger partial charge is 0.312 e. The number of hydrogen-bond donors (Lipinski definition) is 2. The maximum Gasteiger partial charge on any atom is 0.312 e. The Hall–Kier alpha value is -0.770. The molecule has 80 valence electrons. The molecular weight excluding hydrogens is 178 g/mol. The van der Waals surface area contributed by atoms with Crippen molar-refractivity contribution in [1.29, 1.82) is 0 Å². The van der Waals surface area contributed by atoms with Crippen molar-refractivity contribution in [3.05, 3.63) is 0 Å². The number of hydrogen-bond acceptors (Lipinski definition) is 2. The molecule has 0 saturated carbocycles. The van der Waals surface area contributed by atoms with Crippen molar-refractivity contribution < 1.29 is 4.79 Å². The molecule has 4 heteroatoms. The van der Waals surface area contributed by atoms with Gasteiger partial charge < -0.3 is 16.0 Å². The number of rotatable bonds is 1. The maximum atomic E-state index is 10.8. The Morgan fingerprint density at radius 2 is 1.93 bits per heavy atom. The molecule has 0 aromatic rings. The van der Waals surface area contributed by atoms with Gasteiger partial charge in [-0.05, 0) is 32.7 Å². The highest BCUT2D eigenvalue weighted by molar-refractivity contribution is 5.71. The van der Waals surface area contributed by atoms with Crippen LogP contribution in [0.1, 0.15) is 32.1 Å². The minimum absolute atomic E-state index is 0.305. The van der Waals surface area contributed by atoms with E-state index in [2.05, 4.69) is 17.3 Å². The summed E-state index contributed by atoms with van der Waals surface area (Å²) >= 11 is 0. The van der Waals surface area contributed by atoms with Crippen molar-refractivity contribution in [2.24, 2.45) is 5.73 Å². The fourth-order valence-electron chi connectivity index (χ4n) is 2.93. The Kier molecular flexibility index (Phi) is 2.63. The molecule has 3 N–H and O–H groups in total. The first kappa shape index (κ1) is 9.77. The molecule has 0 aromatic heterocycles. The molecule has 2 saturated heterocycles. The number of nitrogens with two attached hydrogens (primary N) is 1. The zero-order chi connectivity index (χ0) is 10.1. The number of carbonyl (C=O) groups excluding carboxylic acids is 1. The quantitative estimate of drug-likeness (QED) is 0.649. The molecule has 1 unspecified atom stereocenters. The number of nitrogens with one attached hydrogen (secondary N) is 1. The van der Waals surface area contributed by atoms with Gasteiger partial charge in [0, 0.05) is 18.1 Å². The van der Waals surface area contributed by atoms with Crippen LogP contribution in [0.3, 0.4) is 0 Å². The molecule has 0 aliphatic carbocycles. The molecule has 2 amide bonds.